The predicted octanol–water partition coefficient (Wildman–Crippen LogP) is 2.92. The van der Waals surface area contributed by atoms with E-state index in [0.717, 1.165) is 6.04 Å². The van der Waals surface area contributed by atoms with Crippen LogP contribution in [0.5, 0.6) is 0 Å². The Hall–Kier alpha value is 0.660. The molecule has 85 valence electrons. The molecule has 0 bridgehead atoms. The Kier molecular flexibility index (Phi) is 3.24. The maximum atomic E-state index is 3.77. The van der Waals surface area contributed by atoms with Gasteiger partial charge in [-0.3, -0.25) is 0 Å². The first-order valence-corrected chi connectivity index (χ1v) is 8.36. The second-order valence-corrected chi connectivity index (χ2v) is 7.28. The summed E-state index contributed by atoms with van der Waals surface area (Å²) in [6.07, 6.45) is 7.10. The van der Waals surface area contributed by atoms with E-state index in [1.165, 1.54) is 55.9 Å². The molecule has 0 amide bonds. The number of rotatable bonds is 2. The van der Waals surface area contributed by atoms with E-state index in [1.807, 2.05) is 5.25 Å². The summed E-state index contributed by atoms with van der Waals surface area (Å²) in [6.45, 7) is 1.26. The molecule has 3 heterocycles. The Labute approximate surface area is 102 Å². The molecule has 0 aromatic heterocycles. The van der Waals surface area contributed by atoms with Crippen molar-refractivity contribution in [3.63, 3.8) is 0 Å². The molecule has 1 radical (unpaired) electrons. The summed E-state index contributed by atoms with van der Waals surface area (Å²) < 4.78 is 0. The summed E-state index contributed by atoms with van der Waals surface area (Å²) in [5, 5.41) is 5.62. The summed E-state index contributed by atoms with van der Waals surface area (Å²) in [7, 11) is 0. The first kappa shape index (κ1) is 10.8. The fourth-order valence-corrected chi connectivity index (χ4v) is 6.37. The van der Waals surface area contributed by atoms with Crippen LogP contribution in [-0.2, 0) is 0 Å². The standard InChI is InChI=1S/C12H20NS2/c1-3-10(13-6-1)12(5-8-14-9-12)11-4-2-7-15-11/h10,13H,1-9H2. The van der Waals surface area contributed by atoms with Gasteiger partial charge >= 0.3 is 0 Å². The maximum absolute atomic E-state index is 3.77. The normalized spacial score (nSPS) is 42.8. The predicted molar refractivity (Wildman–Crippen MR) is 70.3 cm³/mol. The zero-order valence-corrected chi connectivity index (χ0v) is 10.9. The van der Waals surface area contributed by atoms with Gasteiger partial charge in [-0.1, -0.05) is 0 Å². The van der Waals surface area contributed by atoms with Crippen molar-refractivity contribution in [2.24, 2.45) is 5.41 Å². The highest BCUT2D eigenvalue weighted by Crippen LogP contribution is 2.56. The molecule has 3 heteroatoms. The average molecular weight is 242 g/mol. The van der Waals surface area contributed by atoms with Gasteiger partial charge in [0.1, 0.15) is 0 Å². The van der Waals surface area contributed by atoms with Gasteiger partial charge in [0.25, 0.3) is 0 Å². The van der Waals surface area contributed by atoms with E-state index >= 15 is 0 Å². The molecule has 2 atom stereocenters. The van der Waals surface area contributed by atoms with Crippen LogP contribution in [0.4, 0.5) is 0 Å². The van der Waals surface area contributed by atoms with Crippen molar-refractivity contribution < 1.29 is 0 Å². The number of thioether (sulfide) groups is 2. The van der Waals surface area contributed by atoms with Crippen LogP contribution in [-0.4, -0.2) is 29.8 Å². The Bertz CT molecular complexity index is 196. The van der Waals surface area contributed by atoms with E-state index in [-0.39, 0.29) is 0 Å². The molecule has 0 spiro atoms. The molecular weight excluding hydrogens is 222 g/mol. The molecule has 2 unspecified atom stereocenters. The minimum Gasteiger partial charge on any atom is -0.313 e. The van der Waals surface area contributed by atoms with Crippen LogP contribution in [0.1, 0.15) is 32.1 Å². The summed E-state index contributed by atoms with van der Waals surface area (Å²) in [5.41, 5.74) is 0.586. The van der Waals surface area contributed by atoms with Crippen molar-refractivity contribution in [1.29, 1.82) is 0 Å². The Balaban J connectivity index is 1.80. The van der Waals surface area contributed by atoms with Crippen LogP contribution in [0.2, 0.25) is 0 Å². The summed E-state index contributed by atoms with van der Waals surface area (Å²) in [4.78, 5) is 0. The van der Waals surface area contributed by atoms with Crippen LogP contribution in [0, 0.1) is 10.7 Å². The number of hydrogen-bond acceptors (Lipinski definition) is 3. The molecule has 3 saturated heterocycles. The van der Waals surface area contributed by atoms with Gasteiger partial charge in [-0.2, -0.15) is 23.5 Å². The van der Waals surface area contributed by atoms with Crippen LogP contribution < -0.4 is 5.32 Å². The van der Waals surface area contributed by atoms with E-state index in [0.29, 0.717) is 5.41 Å². The minimum atomic E-state index is 0.586. The highest BCUT2D eigenvalue weighted by Gasteiger charge is 2.49. The molecule has 15 heavy (non-hydrogen) atoms. The van der Waals surface area contributed by atoms with E-state index in [9.17, 15) is 0 Å². The molecule has 0 saturated carbocycles. The topological polar surface area (TPSA) is 12.0 Å². The van der Waals surface area contributed by atoms with Gasteiger partial charge in [-0.15, -0.1) is 0 Å². The zero-order chi connectivity index (χ0) is 10.1. The summed E-state index contributed by atoms with van der Waals surface area (Å²) in [5.74, 6) is 4.17. The lowest BCUT2D eigenvalue weighted by Gasteiger charge is -2.39. The molecular formula is C12H20NS2. The lowest BCUT2D eigenvalue weighted by Crippen LogP contribution is -2.44. The number of hydrogen-bond donors (Lipinski definition) is 1. The highest BCUT2D eigenvalue weighted by atomic mass is 32.2. The molecule has 1 N–H and O–H groups in total. The van der Waals surface area contributed by atoms with Crippen molar-refractivity contribution in [3.8, 4) is 0 Å². The average Bonchev–Trinajstić information content (AvgIpc) is 3.02. The van der Waals surface area contributed by atoms with E-state index < -0.39 is 0 Å². The lowest BCUT2D eigenvalue weighted by atomic mass is 9.74. The highest BCUT2D eigenvalue weighted by molar-refractivity contribution is 8.02. The van der Waals surface area contributed by atoms with Gasteiger partial charge < -0.3 is 5.32 Å². The van der Waals surface area contributed by atoms with E-state index in [4.69, 9.17) is 0 Å². The fourth-order valence-electron chi connectivity index (χ4n) is 3.32. The van der Waals surface area contributed by atoms with Gasteiger partial charge in [0.15, 0.2) is 0 Å². The zero-order valence-electron chi connectivity index (χ0n) is 9.26. The SMILES string of the molecule is C1CS[C](C2(C3CCCN3)CCSC2)C1. The Morgan fingerprint density at radius 1 is 1.27 bits per heavy atom. The molecule has 1 nitrogen and oxygen atoms in total. The van der Waals surface area contributed by atoms with Gasteiger partial charge in [-0.25, -0.2) is 0 Å². The third-order valence-corrected chi connectivity index (χ3v) is 6.82. The van der Waals surface area contributed by atoms with Gasteiger partial charge in [-0.05, 0) is 50.2 Å². The number of nitrogens with one attached hydrogen (secondary N) is 1. The molecule has 3 rings (SSSR count). The maximum Gasteiger partial charge on any atom is 0.0392 e. The van der Waals surface area contributed by atoms with E-state index in [2.05, 4.69) is 28.8 Å². The largest absolute Gasteiger partial charge is 0.313 e. The van der Waals surface area contributed by atoms with Gasteiger partial charge in [0.05, 0.1) is 0 Å². The van der Waals surface area contributed by atoms with Crippen LogP contribution >= 0.6 is 23.5 Å². The fraction of sp³-hybridized carbons (Fsp3) is 0.917. The van der Waals surface area contributed by atoms with Crippen molar-refractivity contribution in [1.82, 2.24) is 5.32 Å². The van der Waals surface area contributed by atoms with Crippen molar-refractivity contribution in [2.45, 2.75) is 38.1 Å². The second kappa shape index (κ2) is 4.50. The molecule has 3 aliphatic heterocycles. The van der Waals surface area contributed by atoms with Crippen molar-refractivity contribution in [3.05, 3.63) is 5.25 Å². The van der Waals surface area contributed by atoms with E-state index in [1.54, 1.807) is 0 Å². The third-order valence-electron chi connectivity index (χ3n) is 4.16. The second-order valence-electron chi connectivity index (χ2n) is 4.98. The molecule has 3 aliphatic rings. The minimum absolute atomic E-state index is 0.586. The molecule has 0 aliphatic carbocycles. The molecule has 3 fully saturated rings. The summed E-state index contributed by atoms with van der Waals surface area (Å²) >= 11 is 4.37. The summed E-state index contributed by atoms with van der Waals surface area (Å²) in [6, 6.07) is 0.813. The Morgan fingerprint density at radius 3 is 2.87 bits per heavy atom. The van der Waals surface area contributed by atoms with Crippen molar-refractivity contribution in [2.75, 3.05) is 23.8 Å². The van der Waals surface area contributed by atoms with Gasteiger partial charge in [0.2, 0.25) is 0 Å². The first-order chi connectivity index (χ1) is 7.42. The van der Waals surface area contributed by atoms with Crippen LogP contribution in [0.3, 0.4) is 0 Å². The monoisotopic (exact) mass is 242 g/mol. The Morgan fingerprint density at radius 2 is 2.27 bits per heavy atom. The van der Waals surface area contributed by atoms with Crippen LogP contribution in [0.15, 0.2) is 0 Å². The first-order valence-electron chi connectivity index (χ1n) is 6.22. The molecule has 0 aromatic rings. The van der Waals surface area contributed by atoms with Crippen LogP contribution in [0.25, 0.3) is 0 Å². The quantitative estimate of drug-likeness (QED) is 0.799. The lowest BCUT2D eigenvalue weighted by molar-refractivity contribution is 0.275. The van der Waals surface area contributed by atoms with Crippen molar-refractivity contribution >= 4 is 23.5 Å². The smallest absolute Gasteiger partial charge is 0.0392 e. The van der Waals surface area contributed by atoms with Gasteiger partial charge in [0, 0.05) is 22.5 Å². The third kappa shape index (κ3) is 1.85. The molecule has 0 aromatic carbocycles.